The highest BCUT2D eigenvalue weighted by Crippen LogP contribution is 2.34. The van der Waals surface area contributed by atoms with Gasteiger partial charge in [-0.05, 0) is 55.2 Å². The molecule has 1 aromatic carbocycles. The normalized spacial score (nSPS) is 15.4. The average Bonchev–Trinajstić information content (AvgIpc) is 3.34. The zero-order chi connectivity index (χ0) is 26.6. The first kappa shape index (κ1) is 25.1. The number of aromatic nitrogens is 5. The van der Waals surface area contributed by atoms with E-state index in [1.807, 2.05) is 28.9 Å². The van der Waals surface area contributed by atoms with Crippen LogP contribution < -0.4 is 11.1 Å². The smallest absolute Gasteiger partial charge is 0.256 e. The van der Waals surface area contributed by atoms with E-state index in [9.17, 15) is 9.59 Å². The minimum absolute atomic E-state index is 0.0563. The minimum Gasteiger partial charge on any atom is -0.383 e. The van der Waals surface area contributed by atoms with Crippen molar-refractivity contribution >= 4 is 34.5 Å². The molecule has 1 fully saturated rings. The molecular formula is C28H30N8O2. The zero-order valence-electron chi connectivity index (χ0n) is 21.3. The van der Waals surface area contributed by atoms with Gasteiger partial charge in [0.2, 0.25) is 5.91 Å². The molecule has 0 bridgehead atoms. The SMILES string of the molecule is C=CC(=O)N1CCCC(n2nc(-c3ccc(C(=O)Nc4cc(CCC)ccn4)cc3)c3c(N)ncnc32)C1. The van der Waals surface area contributed by atoms with Crippen molar-refractivity contribution in [2.75, 3.05) is 24.1 Å². The zero-order valence-corrected chi connectivity index (χ0v) is 21.3. The van der Waals surface area contributed by atoms with Crippen molar-refractivity contribution < 1.29 is 9.59 Å². The summed E-state index contributed by atoms with van der Waals surface area (Å²) in [6.07, 6.45) is 8.12. The Labute approximate surface area is 220 Å². The molecule has 0 saturated carbocycles. The van der Waals surface area contributed by atoms with Crippen LogP contribution in [0.15, 0.2) is 61.6 Å². The lowest BCUT2D eigenvalue weighted by molar-refractivity contribution is -0.127. The van der Waals surface area contributed by atoms with Gasteiger partial charge in [-0.25, -0.2) is 19.6 Å². The lowest BCUT2D eigenvalue weighted by Crippen LogP contribution is -2.40. The third-order valence-electron chi connectivity index (χ3n) is 6.77. The number of nitrogen functional groups attached to an aromatic ring is 1. The Morgan fingerprint density at radius 3 is 2.76 bits per heavy atom. The predicted octanol–water partition coefficient (Wildman–Crippen LogP) is 4.02. The molecule has 2 amide bonds. The van der Waals surface area contributed by atoms with Crippen molar-refractivity contribution in [2.45, 2.75) is 38.6 Å². The van der Waals surface area contributed by atoms with E-state index in [-0.39, 0.29) is 17.9 Å². The molecule has 0 spiro atoms. The molecule has 3 aromatic heterocycles. The summed E-state index contributed by atoms with van der Waals surface area (Å²) < 4.78 is 1.85. The molecule has 0 radical (unpaired) electrons. The Morgan fingerprint density at radius 1 is 1.18 bits per heavy atom. The molecule has 10 nitrogen and oxygen atoms in total. The Morgan fingerprint density at radius 2 is 2.00 bits per heavy atom. The lowest BCUT2D eigenvalue weighted by Gasteiger charge is -2.32. The summed E-state index contributed by atoms with van der Waals surface area (Å²) in [5, 5.41) is 8.41. The van der Waals surface area contributed by atoms with E-state index in [1.165, 1.54) is 12.4 Å². The van der Waals surface area contributed by atoms with Gasteiger partial charge in [0.1, 0.15) is 23.7 Å². The topological polar surface area (TPSA) is 132 Å². The highest BCUT2D eigenvalue weighted by Gasteiger charge is 2.28. The van der Waals surface area contributed by atoms with Gasteiger partial charge in [0.05, 0.1) is 11.4 Å². The van der Waals surface area contributed by atoms with Crippen molar-refractivity contribution in [1.82, 2.24) is 29.6 Å². The summed E-state index contributed by atoms with van der Waals surface area (Å²) >= 11 is 0. The number of carbonyl (C=O) groups excluding carboxylic acids is 2. The Kier molecular flexibility index (Phi) is 7.12. The highest BCUT2D eigenvalue weighted by atomic mass is 16.2. The van der Waals surface area contributed by atoms with Gasteiger partial charge in [-0.3, -0.25) is 9.59 Å². The monoisotopic (exact) mass is 510 g/mol. The molecule has 1 aliphatic rings. The number of aryl methyl sites for hydroxylation is 1. The fourth-order valence-electron chi connectivity index (χ4n) is 4.89. The van der Waals surface area contributed by atoms with Gasteiger partial charge in [-0.15, -0.1) is 0 Å². The van der Waals surface area contributed by atoms with E-state index < -0.39 is 0 Å². The number of nitrogens with two attached hydrogens (primary N) is 1. The third kappa shape index (κ3) is 4.97. The fourth-order valence-corrected chi connectivity index (χ4v) is 4.89. The summed E-state index contributed by atoms with van der Waals surface area (Å²) in [5.74, 6) is 0.508. The van der Waals surface area contributed by atoms with Crippen LogP contribution in [-0.2, 0) is 11.2 Å². The predicted molar refractivity (Wildman–Crippen MR) is 146 cm³/mol. The molecule has 1 atom stereocenters. The number of fused-ring (bicyclic) bond motifs is 1. The first-order valence-electron chi connectivity index (χ1n) is 12.7. The molecule has 1 saturated heterocycles. The Balaban J connectivity index is 1.43. The number of nitrogens with one attached hydrogen (secondary N) is 1. The van der Waals surface area contributed by atoms with E-state index in [0.717, 1.165) is 36.8 Å². The van der Waals surface area contributed by atoms with E-state index in [4.69, 9.17) is 10.8 Å². The largest absolute Gasteiger partial charge is 0.383 e. The molecular weight excluding hydrogens is 480 g/mol. The van der Waals surface area contributed by atoms with Crippen molar-refractivity contribution in [3.05, 3.63) is 72.7 Å². The maximum absolute atomic E-state index is 12.9. The number of pyridine rings is 1. The molecule has 1 aliphatic heterocycles. The molecule has 0 aliphatic carbocycles. The van der Waals surface area contributed by atoms with Crippen LogP contribution in [0.25, 0.3) is 22.3 Å². The second-order valence-electron chi connectivity index (χ2n) is 9.37. The number of amides is 2. The first-order valence-corrected chi connectivity index (χ1v) is 12.7. The second-order valence-corrected chi connectivity index (χ2v) is 9.37. The number of hydrogen-bond donors (Lipinski definition) is 2. The van der Waals surface area contributed by atoms with Crippen molar-refractivity contribution in [1.29, 1.82) is 0 Å². The third-order valence-corrected chi connectivity index (χ3v) is 6.77. The molecule has 4 aromatic rings. The van der Waals surface area contributed by atoms with Crippen LogP contribution in [0.1, 0.15) is 48.1 Å². The van der Waals surface area contributed by atoms with Crippen LogP contribution in [0.3, 0.4) is 0 Å². The molecule has 194 valence electrons. The van der Waals surface area contributed by atoms with Crippen LogP contribution in [0, 0.1) is 0 Å². The van der Waals surface area contributed by atoms with Crippen molar-refractivity contribution in [3.8, 4) is 11.3 Å². The quantitative estimate of drug-likeness (QED) is 0.359. The number of nitrogens with zero attached hydrogens (tertiary/aromatic N) is 6. The van der Waals surface area contributed by atoms with Gasteiger partial charge < -0.3 is 16.0 Å². The van der Waals surface area contributed by atoms with E-state index in [0.29, 0.717) is 47.0 Å². The van der Waals surface area contributed by atoms with Gasteiger partial charge in [0, 0.05) is 30.4 Å². The number of carbonyl (C=O) groups is 2. The summed E-state index contributed by atoms with van der Waals surface area (Å²) in [7, 11) is 0. The van der Waals surface area contributed by atoms with Crippen molar-refractivity contribution in [3.63, 3.8) is 0 Å². The number of anilines is 2. The van der Waals surface area contributed by atoms with Gasteiger partial charge in [0.15, 0.2) is 5.65 Å². The van der Waals surface area contributed by atoms with Crippen LogP contribution in [0.2, 0.25) is 0 Å². The van der Waals surface area contributed by atoms with Gasteiger partial charge in [0.25, 0.3) is 5.91 Å². The van der Waals surface area contributed by atoms with Gasteiger partial charge in [-0.2, -0.15) is 5.10 Å². The maximum atomic E-state index is 12.9. The van der Waals surface area contributed by atoms with E-state index >= 15 is 0 Å². The fraction of sp³-hybridized carbons (Fsp3) is 0.286. The Hall–Kier alpha value is -4.60. The Bertz CT molecular complexity index is 1490. The van der Waals surface area contributed by atoms with Crippen LogP contribution in [0.5, 0.6) is 0 Å². The number of rotatable bonds is 7. The standard InChI is InChI=1S/C28H30N8O2/c1-3-6-18-12-13-30-22(15-18)33-28(38)20-10-8-19(9-11-20)25-24-26(29)31-17-32-27(24)36(34-25)21-7-5-14-35(16-21)23(37)4-2/h4,8-13,15,17,21H,2-3,5-7,14,16H2,1H3,(H2,29,31,32)(H,30,33,38). The highest BCUT2D eigenvalue weighted by molar-refractivity contribution is 6.04. The van der Waals surface area contributed by atoms with Crippen LogP contribution in [0.4, 0.5) is 11.6 Å². The summed E-state index contributed by atoms with van der Waals surface area (Å²) in [5.41, 5.74) is 9.93. The first-order chi connectivity index (χ1) is 18.5. The van der Waals surface area contributed by atoms with Crippen LogP contribution in [-0.4, -0.2) is 54.5 Å². The average molecular weight is 511 g/mol. The maximum Gasteiger partial charge on any atom is 0.256 e. The lowest BCUT2D eigenvalue weighted by atomic mass is 10.1. The molecule has 1 unspecified atom stereocenters. The van der Waals surface area contributed by atoms with E-state index in [2.05, 4.69) is 33.8 Å². The molecule has 5 rings (SSSR count). The second kappa shape index (κ2) is 10.8. The van der Waals surface area contributed by atoms with Crippen molar-refractivity contribution in [2.24, 2.45) is 0 Å². The molecule has 3 N–H and O–H groups in total. The number of likely N-dealkylation sites (tertiary alicyclic amines) is 1. The van der Waals surface area contributed by atoms with Gasteiger partial charge in [-0.1, -0.05) is 32.1 Å². The summed E-state index contributed by atoms with van der Waals surface area (Å²) in [6, 6.07) is 11.0. The summed E-state index contributed by atoms with van der Waals surface area (Å²) in [4.78, 5) is 39.8. The van der Waals surface area contributed by atoms with Crippen LogP contribution >= 0.6 is 0 Å². The number of benzene rings is 1. The summed E-state index contributed by atoms with van der Waals surface area (Å²) in [6.45, 7) is 6.92. The molecule has 38 heavy (non-hydrogen) atoms. The molecule has 10 heteroatoms. The number of hydrogen-bond acceptors (Lipinski definition) is 7. The number of piperidine rings is 1. The molecule has 4 heterocycles. The van der Waals surface area contributed by atoms with E-state index in [1.54, 1.807) is 23.2 Å². The van der Waals surface area contributed by atoms with Gasteiger partial charge >= 0.3 is 0 Å². The minimum atomic E-state index is -0.245.